The van der Waals surface area contributed by atoms with E-state index in [9.17, 15) is 8.42 Å². The van der Waals surface area contributed by atoms with Gasteiger partial charge in [0.2, 0.25) is 0 Å². The van der Waals surface area contributed by atoms with E-state index in [4.69, 9.17) is 0 Å². The summed E-state index contributed by atoms with van der Waals surface area (Å²) in [7, 11) is -0.907. The minimum absolute atomic E-state index is 0.151. The third-order valence-corrected chi connectivity index (χ3v) is 5.00. The number of hydrogen-bond acceptors (Lipinski definition) is 3. The average Bonchev–Trinajstić information content (AvgIpc) is 2.62. The molecule has 0 radical (unpaired) electrons. The summed E-state index contributed by atoms with van der Waals surface area (Å²) in [5, 5.41) is 3.23. The van der Waals surface area contributed by atoms with Crippen molar-refractivity contribution in [3.8, 4) is 0 Å². The van der Waals surface area contributed by atoms with Gasteiger partial charge in [-0.1, -0.05) is 30.3 Å². The molecule has 0 spiro atoms. The highest BCUT2D eigenvalue weighted by atomic mass is 32.2. The van der Waals surface area contributed by atoms with Crippen LogP contribution < -0.4 is 5.32 Å². The minimum atomic E-state index is -2.80. The molecule has 1 heterocycles. The third kappa shape index (κ3) is 2.44. The Morgan fingerprint density at radius 1 is 1.31 bits per heavy atom. The Kier molecular flexibility index (Phi) is 3.30. The molecule has 0 aromatic heterocycles. The van der Waals surface area contributed by atoms with Gasteiger partial charge >= 0.3 is 0 Å². The first-order valence-corrected chi connectivity index (χ1v) is 7.37. The Hall–Kier alpha value is -0.870. The van der Waals surface area contributed by atoms with E-state index in [0.29, 0.717) is 11.5 Å². The van der Waals surface area contributed by atoms with Gasteiger partial charge in [0.05, 0.1) is 11.5 Å². The molecule has 1 aromatic carbocycles. The van der Waals surface area contributed by atoms with Crippen LogP contribution in [0.1, 0.15) is 18.0 Å². The highest BCUT2D eigenvalue weighted by Gasteiger charge is 2.33. The molecule has 1 fully saturated rings. The minimum Gasteiger partial charge on any atom is -0.313 e. The highest BCUT2D eigenvalue weighted by Crippen LogP contribution is 2.30. The van der Waals surface area contributed by atoms with E-state index in [0.717, 1.165) is 6.42 Å². The lowest BCUT2D eigenvalue weighted by molar-refractivity contribution is 0.418. The van der Waals surface area contributed by atoms with Gasteiger partial charge in [0.25, 0.3) is 0 Å². The molecule has 2 atom stereocenters. The fourth-order valence-corrected chi connectivity index (χ4v) is 4.26. The quantitative estimate of drug-likeness (QED) is 0.867. The fourth-order valence-electron chi connectivity index (χ4n) is 2.42. The van der Waals surface area contributed by atoms with Crippen molar-refractivity contribution in [2.75, 3.05) is 18.6 Å². The lowest BCUT2D eigenvalue weighted by atomic mass is 9.93. The lowest BCUT2D eigenvalue weighted by Gasteiger charge is -2.22. The molecule has 0 amide bonds. The number of hydrogen-bond donors (Lipinski definition) is 1. The molecule has 1 aliphatic rings. The van der Waals surface area contributed by atoms with Crippen LogP contribution in [0.2, 0.25) is 0 Å². The Morgan fingerprint density at radius 3 is 2.50 bits per heavy atom. The second kappa shape index (κ2) is 4.55. The van der Waals surface area contributed by atoms with E-state index in [-0.39, 0.29) is 12.0 Å². The summed E-state index contributed by atoms with van der Waals surface area (Å²) in [6.07, 6.45) is 0.767. The number of sulfone groups is 1. The fraction of sp³-hybridized carbons (Fsp3) is 0.500. The van der Waals surface area contributed by atoms with Gasteiger partial charge in [0, 0.05) is 6.04 Å². The monoisotopic (exact) mass is 239 g/mol. The van der Waals surface area contributed by atoms with E-state index in [1.165, 1.54) is 5.56 Å². The number of benzene rings is 1. The maximum absolute atomic E-state index is 11.5. The Labute approximate surface area is 96.8 Å². The molecule has 88 valence electrons. The van der Waals surface area contributed by atoms with Gasteiger partial charge in [-0.15, -0.1) is 0 Å². The molecule has 0 bridgehead atoms. The molecule has 16 heavy (non-hydrogen) atoms. The summed E-state index contributed by atoms with van der Waals surface area (Å²) in [6.45, 7) is 0. The van der Waals surface area contributed by atoms with E-state index in [1.54, 1.807) is 0 Å². The normalized spacial score (nSPS) is 25.4. The average molecular weight is 239 g/mol. The van der Waals surface area contributed by atoms with Crippen LogP contribution >= 0.6 is 0 Å². The summed E-state index contributed by atoms with van der Waals surface area (Å²) < 4.78 is 22.9. The first-order valence-electron chi connectivity index (χ1n) is 5.55. The van der Waals surface area contributed by atoms with E-state index >= 15 is 0 Å². The van der Waals surface area contributed by atoms with Gasteiger partial charge in [0.15, 0.2) is 9.84 Å². The predicted octanol–water partition coefficient (Wildman–Crippen LogP) is 1.38. The smallest absolute Gasteiger partial charge is 0.150 e. The molecule has 1 saturated heterocycles. The van der Waals surface area contributed by atoms with Crippen LogP contribution in [0.15, 0.2) is 30.3 Å². The summed E-state index contributed by atoms with van der Waals surface area (Å²) in [5.74, 6) is 0.855. The van der Waals surface area contributed by atoms with Crippen LogP contribution in [0, 0.1) is 5.92 Å². The van der Waals surface area contributed by atoms with Crippen molar-refractivity contribution in [3.05, 3.63) is 35.9 Å². The first kappa shape index (κ1) is 11.6. The Balaban J connectivity index is 2.19. The van der Waals surface area contributed by atoms with Crippen LogP contribution in [0.3, 0.4) is 0 Å². The van der Waals surface area contributed by atoms with E-state index in [1.807, 2.05) is 37.4 Å². The zero-order chi connectivity index (χ0) is 11.6. The van der Waals surface area contributed by atoms with Crippen LogP contribution in [0.5, 0.6) is 0 Å². The molecule has 2 rings (SSSR count). The molecule has 1 aliphatic heterocycles. The van der Waals surface area contributed by atoms with Gasteiger partial charge in [0.1, 0.15) is 0 Å². The largest absolute Gasteiger partial charge is 0.313 e. The van der Waals surface area contributed by atoms with Gasteiger partial charge in [-0.25, -0.2) is 8.42 Å². The van der Waals surface area contributed by atoms with Crippen molar-refractivity contribution in [1.82, 2.24) is 5.32 Å². The zero-order valence-electron chi connectivity index (χ0n) is 9.39. The number of rotatable bonds is 3. The molecule has 1 N–H and O–H groups in total. The van der Waals surface area contributed by atoms with E-state index < -0.39 is 9.84 Å². The molecule has 3 nitrogen and oxygen atoms in total. The van der Waals surface area contributed by atoms with Crippen LogP contribution in [-0.4, -0.2) is 27.0 Å². The standard InChI is InChI=1S/C12H17NO2S/c1-13-12(10-5-3-2-4-6-10)11-7-8-16(14,15)9-11/h2-6,11-13H,7-9H2,1H3. The second-order valence-corrected chi connectivity index (χ2v) is 6.57. The van der Waals surface area contributed by atoms with E-state index in [2.05, 4.69) is 5.32 Å². The topological polar surface area (TPSA) is 46.2 Å². The molecule has 0 aliphatic carbocycles. The second-order valence-electron chi connectivity index (χ2n) is 4.34. The Morgan fingerprint density at radius 2 is 2.00 bits per heavy atom. The lowest BCUT2D eigenvalue weighted by Crippen LogP contribution is -2.26. The summed E-state index contributed by atoms with van der Waals surface area (Å²) in [4.78, 5) is 0. The number of nitrogens with one attached hydrogen (secondary N) is 1. The van der Waals surface area contributed by atoms with Crippen molar-refractivity contribution in [2.24, 2.45) is 5.92 Å². The molecule has 0 saturated carbocycles. The predicted molar refractivity (Wildman–Crippen MR) is 65.0 cm³/mol. The van der Waals surface area contributed by atoms with Gasteiger partial charge in [-0.05, 0) is 24.9 Å². The third-order valence-electron chi connectivity index (χ3n) is 3.21. The molecular weight excluding hydrogens is 222 g/mol. The maximum Gasteiger partial charge on any atom is 0.150 e. The summed E-state index contributed by atoms with van der Waals surface area (Å²) >= 11 is 0. The summed E-state index contributed by atoms with van der Waals surface area (Å²) in [6, 6.07) is 10.2. The van der Waals surface area contributed by atoms with Crippen molar-refractivity contribution in [1.29, 1.82) is 0 Å². The van der Waals surface area contributed by atoms with Gasteiger partial charge in [-0.2, -0.15) is 0 Å². The van der Waals surface area contributed by atoms with Crippen molar-refractivity contribution >= 4 is 9.84 Å². The summed E-state index contributed by atoms with van der Waals surface area (Å²) in [5.41, 5.74) is 1.17. The molecule has 1 aromatic rings. The van der Waals surface area contributed by atoms with Crippen molar-refractivity contribution < 1.29 is 8.42 Å². The molecule has 4 heteroatoms. The molecule has 2 unspecified atom stereocenters. The SMILES string of the molecule is CNC(c1ccccc1)C1CCS(=O)(=O)C1. The molecular formula is C12H17NO2S. The highest BCUT2D eigenvalue weighted by molar-refractivity contribution is 7.91. The maximum atomic E-state index is 11.5. The van der Waals surface area contributed by atoms with Crippen LogP contribution in [0.4, 0.5) is 0 Å². The first-order chi connectivity index (χ1) is 7.62. The van der Waals surface area contributed by atoms with Crippen molar-refractivity contribution in [3.63, 3.8) is 0 Å². The van der Waals surface area contributed by atoms with Crippen molar-refractivity contribution in [2.45, 2.75) is 12.5 Å². The zero-order valence-corrected chi connectivity index (χ0v) is 10.2. The van der Waals surface area contributed by atoms with Gasteiger partial charge < -0.3 is 5.32 Å². The van der Waals surface area contributed by atoms with Crippen LogP contribution in [0.25, 0.3) is 0 Å². The van der Waals surface area contributed by atoms with Crippen LogP contribution in [-0.2, 0) is 9.84 Å². The van der Waals surface area contributed by atoms with Gasteiger partial charge in [-0.3, -0.25) is 0 Å². The Bertz CT molecular complexity index is 441.